The van der Waals surface area contributed by atoms with E-state index in [1.165, 1.54) is 52.6 Å². The first-order valence-electron chi connectivity index (χ1n) is 11.0. The summed E-state index contributed by atoms with van der Waals surface area (Å²) < 4.78 is 24.3. The van der Waals surface area contributed by atoms with Crippen LogP contribution in [0.25, 0.3) is 0 Å². The van der Waals surface area contributed by atoms with Gasteiger partial charge in [-0.25, -0.2) is 0 Å². The maximum Gasteiger partial charge on any atom is 0.330 e. The van der Waals surface area contributed by atoms with Gasteiger partial charge in [-0.1, -0.05) is 42.3 Å². The van der Waals surface area contributed by atoms with Gasteiger partial charge in [0, 0.05) is 98.6 Å². The van der Waals surface area contributed by atoms with Crippen molar-refractivity contribution in [3.63, 3.8) is 0 Å². The normalized spacial score (nSPS) is 10.7. The molecule has 210 valence electrons. The van der Waals surface area contributed by atoms with E-state index in [9.17, 15) is 18.9 Å². The summed E-state index contributed by atoms with van der Waals surface area (Å²) in [4.78, 5) is 30.0. The third-order valence-corrected chi connectivity index (χ3v) is 4.18. The van der Waals surface area contributed by atoms with Crippen molar-refractivity contribution in [2.24, 2.45) is 0 Å². The second kappa shape index (κ2) is 30.5. The Morgan fingerprint density at radius 3 is 1.46 bits per heavy atom. The standard InChI is InChI=1S/C8H10.C6H13NO.C5H11O5P.C4H7.C3H6O.2Y/c1-7-3-5-8(2)6-4-7;1-5(8)7-6(2,3)4;1-5(6)9-4-10-11(3,7)8-2;1-3-4-2;1-3(2)4;;/h3-6H,1-2H3;1-4H3,(H,7,8);4H2,1-3H3;3H,1-2H3;1-2H3;;/q;;;-1;;;. The first kappa shape index (κ1) is 49.8. The molecule has 37 heavy (non-hydrogen) atoms. The van der Waals surface area contributed by atoms with Crippen LogP contribution < -0.4 is 5.32 Å². The third-order valence-electron chi connectivity index (χ3n) is 2.94. The molecule has 0 fully saturated rings. The van der Waals surface area contributed by atoms with Gasteiger partial charge in [0.05, 0.1) is 0 Å². The van der Waals surface area contributed by atoms with Gasteiger partial charge in [-0.15, -0.1) is 0 Å². The number of carbonyl (C=O) groups is 3. The topological polar surface area (TPSA) is 108 Å². The molecule has 1 aromatic carbocycles. The zero-order valence-corrected chi connectivity index (χ0v) is 31.6. The zero-order chi connectivity index (χ0) is 28.7. The quantitative estimate of drug-likeness (QED) is 0.173. The average Bonchev–Trinajstić information content (AvgIpc) is 2.68. The molecule has 1 N–H and O–H groups in total. The van der Waals surface area contributed by atoms with E-state index in [0.717, 1.165) is 0 Å². The van der Waals surface area contributed by atoms with Crippen molar-refractivity contribution in [3.05, 3.63) is 47.5 Å². The van der Waals surface area contributed by atoms with Gasteiger partial charge in [0.2, 0.25) is 12.7 Å². The third kappa shape index (κ3) is 61.5. The average molecular weight is 694 g/mol. The molecule has 0 aromatic heterocycles. The zero-order valence-electron chi connectivity index (χ0n) is 25.1. The molecule has 2 radical (unpaired) electrons. The molecular formula is C26H47NO7PY2-. The van der Waals surface area contributed by atoms with Gasteiger partial charge in [-0.3, -0.25) is 24.8 Å². The van der Waals surface area contributed by atoms with Crippen LogP contribution in [0.3, 0.4) is 0 Å². The van der Waals surface area contributed by atoms with Crippen LogP contribution in [0.2, 0.25) is 0 Å². The molecule has 1 atom stereocenters. The number of benzene rings is 1. The first-order chi connectivity index (χ1) is 15.8. The molecule has 8 nitrogen and oxygen atoms in total. The van der Waals surface area contributed by atoms with Gasteiger partial charge in [0.25, 0.3) is 0 Å². The molecule has 0 bridgehead atoms. The molecule has 1 aromatic rings. The summed E-state index contributed by atoms with van der Waals surface area (Å²) in [7, 11) is -1.75. The molecule has 0 heterocycles. The van der Waals surface area contributed by atoms with Crippen molar-refractivity contribution in [1.82, 2.24) is 5.32 Å². The molecule has 11 heteroatoms. The van der Waals surface area contributed by atoms with Crippen molar-refractivity contribution in [1.29, 1.82) is 0 Å². The van der Waals surface area contributed by atoms with Gasteiger partial charge in [0.1, 0.15) is 5.78 Å². The minimum absolute atomic E-state index is 0. The number of Topliss-reactive ketones (excluding diaryl/α,β-unsaturated/α-hetero) is 1. The number of aryl methyl sites for hydroxylation is 2. The predicted molar refractivity (Wildman–Crippen MR) is 143 cm³/mol. The van der Waals surface area contributed by atoms with Crippen LogP contribution in [-0.4, -0.2) is 43.8 Å². The summed E-state index contributed by atoms with van der Waals surface area (Å²) in [6.07, 6.45) is 4.68. The van der Waals surface area contributed by atoms with Gasteiger partial charge in [-0.2, -0.15) is 6.92 Å². The van der Waals surface area contributed by atoms with Crippen LogP contribution >= 0.6 is 7.60 Å². The number of allylic oxidation sites excluding steroid dienone is 2. The minimum Gasteiger partial charge on any atom is -0.504 e. The Balaban J connectivity index is -0.0000000840. The summed E-state index contributed by atoms with van der Waals surface area (Å²) in [6, 6.07) is 8.48. The Kier molecular flexibility index (Phi) is 41.0. The molecule has 1 unspecified atom stereocenters. The maximum atomic E-state index is 10.9. The fourth-order valence-electron chi connectivity index (χ4n) is 1.42. The number of ether oxygens (including phenoxy) is 1. The number of rotatable bonds is 4. The molecule has 1 rings (SSSR count). The number of amides is 1. The van der Waals surface area contributed by atoms with E-state index in [0.29, 0.717) is 0 Å². The Morgan fingerprint density at radius 2 is 1.30 bits per heavy atom. The SMILES string of the molecule is CC(=O)NC(C)(C)C.CC(C)=O.COP(C)(=O)OCOC(C)=O.C[C-]=CC.Cc1ccc(C)cc1.[Y].[Y]. The number of carbonyl (C=O) groups excluding carboxylic acids is 3. The van der Waals surface area contributed by atoms with Gasteiger partial charge < -0.3 is 25.4 Å². The Hall–Kier alpha value is -0.0722. The molecule has 0 spiro atoms. The van der Waals surface area contributed by atoms with Crippen molar-refractivity contribution >= 4 is 25.3 Å². The summed E-state index contributed by atoms with van der Waals surface area (Å²) in [5.41, 5.74) is 2.58. The first-order valence-corrected chi connectivity index (χ1v) is 13.0. The summed E-state index contributed by atoms with van der Waals surface area (Å²) >= 11 is 0. The van der Waals surface area contributed by atoms with E-state index < -0.39 is 13.6 Å². The number of nitrogens with one attached hydrogen (secondary N) is 1. The fourth-order valence-corrected chi connectivity index (χ4v) is 1.77. The molecule has 1 amide bonds. The van der Waals surface area contributed by atoms with Gasteiger partial charge in [0.15, 0.2) is 0 Å². The van der Waals surface area contributed by atoms with Crippen LogP contribution in [0.15, 0.2) is 30.3 Å². The van der Waals surface area contributed by atoms with Crippen molar-refractivity contribution in [2.75, 3.05) is 20.6 Å². The monoisotopic (exact) mass is 694 g/mol. The van der Waals surface area contributed by atoms with E-state index in [-0.39, 0.29) is 89.4 Å². The van der Waals surface area contributed by atoms with Crippen molar-refractivity contribution < 1.29 is 98.2 Å². The Morgan fingerprint density at radius 1 is 0.973 bits per heavy atom. The van der Waals surface area contributed by atoms with E-state index in [1.807, 2.05) is 40.7 Å². The number of hydrogen-bond donors (Lipinski definition) is 1. The maximum absolute atomic E-state index is 10.9. The van der Waals surface area contributed by atoms with Crippen LogP contribution in [0.5, 0.6) is 0 Å². The molecule has 0 aliphatic rings. The van der Waals surface area contributed by atoms with Crippen LogP contribution in [0.1, 0.15) is 73.4 Å². The van der Waals surface area contributed by atoms with Crippen molar-refractivity contribution in [2.45, 2.75) is 81.7 Å². The Labute approximate surface area is 276 Å². The van der Waals surface area contributed by atoms with E-state index >= 15 is 0 Å². The molecule has 0 saturated carbocycles. The van der Waals surface area contributed by atoms with Gasteiger partial charge in [-0.05, 0) is 48.5 Å². The minimum atomic E-state index is -3.01. The van der Waals surface area contributed by atoms with Gasteiger partial charge >= 0.3 is 13.6 Å². The van der Waals surface area contributed by atoms with Crippen LogP contribution in [0.4, 0.5) is 0 Å². The number of esters is 1. The smallest absolute Gasteiger partial charge is 0.330 e. The molecule has 0 aliphatic carbocycles. The second-order valence-corrected chi connectivity index (χ2v) is 10.6. The fraction of sp³-hybridized carbons (Fsp3) is 0.577. The summed E-state index contributed by atoms with van der Waals surface area (Å²) in [5.74, 6) is -0.293. The molecular weight excluding hydrogens is 647 g/mol. The second-order valence-electron chi connectivity index (χ2n) is 8.41. The summed E-state index contributed by atoms with van der Waals surface area (Å²) in [5, 5.41) is 2.74. The summed E-state index contributed by atoms with van der Waals surface area (Å²) in [6.45, 7) is 20.6. The Bertz CT molecular complexity index is 749. The van der Waals surface area contributed by atoms with E-state index in [1.54, 1.807) is 0 Å². The largest absolute Gasteiger partial charge is 0.504 e. The van der Waals surface area contributed by atoms with E-state index in [2.05, 4.69) is 63.3 Å². The van der Waals surface area contributed by atoms with E-state index in [4.69, 9.17) is 0 Å². The van der Waals surface area contributed by atoms with Crippen LogP contribution in [-0.2, 0) is 98.2 Å². The van der Waals surface area contributed by atoms with Crippen molar-refractivity contribution in [3.8, 4) is 0 Å². The molecule has 0 aliphatic heterocycles. The predicted octanol–water partition coefficient (Wildman–Crippen LogP) is 6.19. The van der Waals surface area contributed by atoms with Crippen LogP contribution in [0, 0.1) is 19.9 Å². The number of hydrogen-bond acceptors (Lipinski definition) is 7. The molecule has 0 saturated heterocycles. The number of ketones is 1.